The molecule has 1 saturated carbocycles. The second-order valence-corrected chi connectivity index (χ2v) is 7.80. The first-order valence-electron chi connectivity index (χ1n) is 10.3. The second-order valence-electron chi connectivity index (χ2n) is 7.37. The minimum Gasteiger partial charge on any atom is -0.410 e. The average molecular weight is 409 g/mol. The number of benzene rings is 1. The predicted molar refractivity (Wildman–Crippen MR) is 114 cm³/mol. The maximum Gasteiger partial charge on any atom is 0.412 e. The number of hydrogen-bond acceptors (Lipinski definition) is 4. The van der Waals surface area contributed by atoms with E-state index in [1.54, 1.807) is 24.3 Å². The van der Waals surface area contributed by atoms with Crippen molar-refractivity contribution >= 4 is 17.7 Å². The van der Waals surface area contributed by atoms with Gasteiger partial charge in [-0.2, -0.15) is 0 Å². The molecular weight excluding hydrogens is 376 g/mol. The number of nitrogens with one attached hydrogen (secondary N) is 2. The fraction of sp³-hybridized carbons (Fsp3) is 0.591. The number of carbonyl (C=O) groups is 1. The highest BCUT2D eigenvalue weighted by atomic mass is 35.5. The molecule has 0 radical (unpaired) electrons. The molecule has 28 heavy (non-hydrogen) atoms. The van der Waals surface area contributed by atoms with E-state index in [9.17, 15) is 4.79 Å². The molecule has 2 rings (SSSR count). The zero-order chi connectivity index (χ0) is 20.0. The molecule has 0 unspecified atom stereocenters. The summed E-state index contributed by atoms with van der Waals surface area (Å²) in [6.07, 6.45) is 8.15. The summed E-state index contributed by atoms with van der Waals surface area (Å²) < 4.78 is 11.1. The molecule has 0 aliphatic heterocycles. The van der Waals surface area contributed by atoms with E-state index in [0.717, 1.165) is 64.8 Å². The van der Waals surface area contributed by atoms with E-state index in [1.807, 2.05) is 6.08 Å². The minimum atomic E-state index is -0.408. The molecule has 156 valence electrons. The fourth-order valence-corrected chi connectivity index (χ4v) is 3.48. The fourth-order valence-electron chi connectivity index (χ4n) is 3.35. The third-order valence-electron chi connectivity index (χ3n) is 5.05. The van der Waals surface area contributed by atoms with Gasteiger partial charge in [0, 0.05) is 24.8 Å². The lowest BCUT2D eigenvalue weighted by Crippen LogP contribution is -2.33. The van der Waals surface area contributed by atoms with Gasteiger partial charge in [-0.3, -0.25) is 0 Å². The molecule has 1 aromatic carbocycles. The first-order chi connectivity index (χ1) is 13.7. The van der Waals surface area contributed by atoms with Crippen LogP contribution in [0.1, 0.15) is 38.5 Å². The van der Waals surface area contributed by atoms with Crippen LogP contribution in [0, 0.1) is 11.8 Å². The Morgan fingerprint density at radius 1 is 1.14 bits per heavy atom. The van der Waals surface area contributed by atoms with Crippen molar-refractivity contribution in [2.24, 2.45) is 11.8 Å². The lowest BCUT2D eigenvalue weighted by Gasteiger charge is -2.28. The summed E-state index contributed by atoms with van der Waals surface area (Å²) in [4.78, 5) is 11.9. The number of ether oxygens (including phenoxy) is 2. The van der Waals surface area contributed by atoms with E-state index in [2.05, 4.69) is 17.2 Å². The molecule has 1 amide bonds. The molecule has 0 aromatic heterocycles. The Kier molecular flexibility index (Phi) is 11.0. The molecule has 0 heterocycles. The van der Waals surface area contributed by atoms with E-state index in [1.165, 1.54) is 0 Å². The maximum atomic E-state index is 11.9. The van der Waals surface area contributed by atoms with E-state index in [-0.39, 0.29) is 0 Å². The molecule has 5 nitrogen and oxygen atoms in total. The van der Waals surface area contributed by atoms with E-state index in [4.69, 9.17) is 21.1 Å². The van der Waals surface area contributed by atoms with Gasteiger partial charge in [0.15, 0.2) is 0 Å². The third-order valence-corrected chi connectivity index (χ3v) is 5.30. The topological polar surface area (TPSA) is 59.6 Å². The predicted octanol–water partition coefficient (Wildman–Crippen LogP) is 4.81. The van der Waals surface area contributed by atoms with Crippen molar-refractivity contribution in [3.63, 3.8) is 0 Å². The summed E-state index contributed by atoms with van der Waals surface area (Å²) in [5.74, 6) is 1.66. The Morgan fingerprint density at radius 3 is 2.57 bits per heavy atom. The van der Waals surface area contributed by atoms with Gasteiger partial charge in [0.1, 0.15) is 5.75 Å². The molecular formula is C22H33ClN2O3. The molecule has 0 spiro atoms. The molecule has 6 heteroatoms. The van der Waals surface area contributed by atoms with Crippen LogP contribution in [0.2, 0.25) is 5.02 Å². The van der Waals surface area contributed by atoms with E-state index in [0.29, 0.717) is 29.2 Å². The third kappa shape index (κ3) is 9.58. The van der Waals surface area contributed by atoms with Crippen LogP contribution >= 0.6 is 11.6 Å². The smallest absolute Gasteiger partial charge is 0.410 e. The molecule has 1 fully saturated rings. The van der Waals surface area contributed by atoms with Crippen LogP contribution in [0.5, 0.6) is 5.75 Å². The van der Waals surface area contributed by atoms with Crippen LogP contribution in [-0.4, -0.2) is 38.9 Å². The Labute approximate surface area is 173 Å². The number of carbonyl (C=O) groups excluding carboxylic acids is 1. The Balaban J connectivity index is 1.48. The molecule has 1 aliphatic carbocycles. The van der Waals surface area contributed by atoms with Gasteiger partial charge in [-0.15, -0.1) is 6.58 Å². The number of amides is 1. The Hall–Kier alpha value is -1.56. The molecule has 0 bridgehead atoms. The van der Waals surface area contributed by atoms with Crippen molar-refractivity contribution in [1.29, 1.82) is 0 Å². The van der Waals surface area contributed by atoms with Crippen molar-refractivity contribution in [3.05, 3.63) is 41.9 Å². The van der Waals surface area contributed by atoms with E-state index < -0.39 is 6.09 Å². The lowest BCUT2D eigenvalue weighted by atomic mass is 9.82. The zero-order valence-electron chi connectivity index (χ0n) is 16.6. The molecule has 2 N–H and O–H groups in total. The Bertz CT molecular complexity index is 572. The van der Waals surface area contributed by atoms with Gasteiger partial charge in [0.2, 0.25) is 0 Å². The quantitative estimate of drug-likeness (QED) is 0.385. The van der Waals surface area contributed by atoms with Crippen molar-refractivity contribution < 1.29 is 14.3 Å². The van der Waals surface area contributed by atoms with Crippen LogP contribution in [-0.2, 0) is 4.74 Å². The SMILES string of the molecule is C=CCCNCCCOCC1CCC(CNC(=O)Oc2ccc(Cl)cc2)CC1. The van der Waals surface area contributed by atoms with Crippen molar-refractivity contribution in [2.45, 2.75) is 38.5 Å². The maximum absolute atomic E-state index is 11.9. The summed E-state index contributed by atoms with van der Waals surface area (Å²) in [6.45, 7) is 8.04. The first-order valence-corrected chi connectivity index (χ1v) is 10.7. The highest BCUT2D eigenvalue weighted by Gasteiger charge is 2.22. The molecule has 1 aliphatic rings. The lowest BCUT2D eigenvalue weighted by molar-refractivity contribution is 0.0762. The van der Waals surface area contributed by atoms with Gasteiger partial charge in [-0.25, -0.2) is 4.79 Å². The van der Waals surface area contributed by atoms with Crippen LogP contribution in [0.25, 0.3) is 0 Å². The van der Waals surface area contributed by atoms with Gasteiger partial charge in [-0.1, -0.05) is 17.7 Å². The number of rotatable bonds is 12. The number of hydrogen-bond donors (Lipinski definition) is 2. The normalized spacial score (nSPS) is 19.2. The first kappa shape index (κ1) is 22.7. The molecule has 1 aromatic rings. The summed E-state index contributed by atoms with van der Waals surface area (Å²) in [5.41, 5.74) is 0. The number of halogens is 1. The van der Waals surface area contributed by atoms with Gasteiger partial charge in [-0.05, 0) is 87.7 Å². The second kappa shape index (κ2) is 13.6. The molecule has 0 atom stereocenters. The van der Waals surface area contributed by atoms with Crippen LogP contribution < -0.4 is 15.4 Å². The monoisotopic (exact) mass is 408 g/mol. The van der Waals surface area contributed by atoms with Crippen molar-refractivity contribution in [2.75, 3.05) is 32.8 Å². The van der Waals surface area contributed by atoms with Crippen molar-refractivity contribution in [3.8, 4) is 5.75 Å². The standard InChI is InChI=1S/C22H33ClN2O3/c1-2-3-13-24-14-4-15-27-17-19-7-5-18(6-8-19)16-25-22(26)28-21-11-9-20(23)10-12-21/h2,9-12,18-19,24H,1,3-8,13-17H2,(H,25,26). The highest BCUT2D eigenvalue weighted by molar-refractivity contribution is 6.30. The minimum absolute atomic E-state index is 0.408. The zero-order valence-corrected chi connectivity index (χ0v) is 17.4. The summed E-state index contributed by atoms with van der Waals surface area (Å²) >= 11 is 5.82. The van der Waals surface area contributed by atoms with Crippen LogP contribution in [0.4, 0.5) is 4.79 Å². The van der Waals surface area contributed by atoms with Crippen molar-refractivity contribution in [1.82, 2.24) is 10.6 Å². The van der Waals surface area contributed by atoms with Crippen LogP contribution in [0.15, 0.2) is 36.9 Å². The van der Waals surface area contributed by atoms with Gasteiger partial charge < -0.3 is 20.1 Å². The van der Waals surface area contributed by atoms with E-state index >= 15 is 0 Å². The summed E-state index contributed by atoms with van der Waals surface area (Å²) in [6, 6.07) is 6.77. The van der Waals surface area contributed by atoms with Crippen LogP contribution in [0.3, 0.4) is 0 Å². The largest absolute Gasteiger partial charge is 0.412 e. The van der Waals surface area contributed by atoms with Gasteiger partial charge in [0.05, 0.1) is 0 Å². The average Bonchev–Trinajstić information content (AvgIpc) is 2.71. The summed E-state index contributed by atoms with van der Waals surface area (Å²) in [7, 11) is 0. The van der Waals surface area contributed by atoms with Gasteiger partial charge >= 0.3 is 6.09 Å². The molecule has 0 saturated heterocycles. The van der Waals surface area contributed by atoms with Gasteiger partial charge in [0.25, 0.3) is 0 Å². The highest BCUT2D eigenvalue weighted by Crippen LogP contribution is 2.28. The summed E-state index contributed by atoms with van der Waals surface area (Å²) in [5, 5.41) is 6.86. The Morgan fingerprint density at radius 2 is 1.86 bits per heavy atom.